The summed E-state index contributed by atoms with van der Waals surface area (Å²) in [5.74, 6) is -1.01. The molecule has 0 radical (unpaired) electrons. The van der Waals surface area contributed by atoms with Gasteiger partial charge in [-0.2, -0.15) is 0 Å². The van der Waals surface area contributed by atoms with Crippen LogP contribution in [0.1, 0.15) is 30.7 Å². The molecule has 1 aliphatic rings. The van der Waals surface area contributed by atoms with Gasteiger partial charge >= 0.3 is 12.0 Å². The van der Waals surface area contributed by atoms with E-state index in [1.165, 1.54) is 11.3 Å². The van der Waals surface area contributed by atoms with Gasteiger partial charge in [0.05, 0.1) is 5.92 Å². The molecule has 7 nitrogen and oxygen atoms in total. The first-order chi connectivity index (χ1) is 9.04. The summed E-state index contributed by atoms with van der Waals surface area (Å²) in [6.07, 6.45) is 2.61. The number of aryl methyl sites for hydroxylation is 1. The van der Waals surface area contributed by atoms with Gasteiger partial charge in [-0.1, -0.05) is 11.3 Å². The van der Waals surface area contributed by atoms with Gasteiger partial charge in [0, 0.05) is 6.04 Å². The zero-order chi connectivity index (χ0) is 13.8. The Labute approximate surface area is 114 Å². The second-order valence-corrected chi connectivity index (χ2v) is 5.79. The summed E-state index contributed by atoms with van der Waals surface area (Å²) in [7, 11) is 0. The van der Waals surface area contributed by atoms with Crippen molar-refractivity contribution < 1.29 is 14.7 Å². The number of hydrogen-bond acceptors (Lipinski definition) is 5. The molecule has 0 spiro atoms. The van der Waals surface area contributed by atoms with Crippen molar-refractivity contribution in [1.82, 2.24) is 15.5 Å². The molecule has 1 aliphatic carbocycles. The normalized spacial score (nSPS) is 22.8. The fourth-order valence-electron chi connectivity index (χ4n) is 2.15. The smallest absolute Gasteiger partial charge is 0.321 e. The third-order valence-corrected chi connectivity index (χ3v) is 3.91. The maximum atomic E-state index is 11.7. The van der Waals surface area contributed by atoms with Crippen LogP contribution in [0.5, 0.6) is 0 Å². The second kappa shape index (κ2) is 5.96. The predicted molar refractivity (Wildman–Crippen MR) is 70.2 cm³/mol. The maximum Gasteiger partial charge on any atom is 0.321 e. The van der Waals surface area contributed by atoms with Crippen molar-refractivity contribution in [2.24, 2.45) is 5.92 Å². The van der Waals surface area contributed by atoms with Crippen molar-refractivity contribution in [1.29, 1.82) is 0 Å². The fourth-order valence-corrected chi connectivity index (χ4v) is 2.74. The van der Waals surface area contributed by atoms with Crippen LogP contribution in [-0.2, 0) is 4.79 Å². The van der Waals surface area contributed by atoms with Gasteiger partial charge in [0.25, 0.3) is 0 Å². The van der Waals surface area contributed by atoms with E-state index in [1.54, 1.807) is 0 Å². The van der Waals surface area contributed by atoms with E-state index < -0.39 is 5.97 Å². The van der Waals surface area contributed by atoms with Crippen LogP contribution in [0, 0.1) is 12.8 Å². The fraction of sp³-hybridized carbons (Fsp3) is 0.636. The molecule has 0 atom stereocenters. The van der Waals surface area contributed by atoms with Crippen LogP contribution in [0.25, 0.3) is 0 Å². The Balaban J connectivity index is 1.76. The summed E-state index contributed by atoms with van der Waals surface area (Å²) >= 11 is 1.31. The molecule has 8 heteroatoms. The van der Waals surface area contributed by atoms with Gasteiger partial charge < -0.3 is 10.4 Å². The highest BCUT2D eigenvalue weighted by molar-refractivity contribution is 7.15. The van der Waals surface area contributed by atoms with Gasteiger partial charge in [-0.15, -0.1) is 10.2 Å². The minimum absolute atomic E-state index is 0.0321. The Kier molecular flexibility index (Phi) is 4.31. The Morgan fingerprint density at radius 2 is 1.95 bits per heavy atom. The first-order valence-electron chi connectivity index (χ1n) is 6.15. The molecule has 0 unspecified atom stereocenters. The number of urea groups is 1. The van der Waals surface area contributed by atoms with E-state index in [2.05, 4.69) is 20.8 Å². The molecule has 1 aromatic heterocycles. The van der Waals surface area contributed by atoms with Crippen molar-refractivity contribution in [2.45, 2.75) is 38.6 Å². The minimum atomic E-state index is -0.743. The average Bonchev–Trinajstić information content (AvgIpc) is 2.75. The van der Waals surface area contributed by atoms with Crippen LogP contribution in [0.15, 0.2) is 0 Å². The van der Waals surface area contributed by atoms with Crippen molar-refractivity contribution in [3.05, 3.63) is 5.01 Å². The summed E-state index contributed by atoms with van der Waals surface area (Å²) in [5.41, 5.74) is 0. The van der Waals surface area contributed by atoms with E-state index in [0.717, 1.165) is 5.01 Å². The number of nitrogens with one attached hydrogen (secondary N) is 2. The number of rotatable bonds is 3. The summed E-state index contributed by atoms with van der Waals surface area (Å²) < 4.78 is 0. The molecule has 0 saturated heterocycles. The van der Waals surface area contributed by atoms with Crippen LogP contribution < -0.4 is 10.6 Å². The summed E-state index contributed by atoms with van der Waals surface area (Å²) in [6.45, 7) is 1.81. The largest absolute Gasteiger partial charge is 0.481 e. The third-order valence-electron chi connectivity index (χ3n) is 3.16. The van der Waals surface area contributed by atoms with Gasteiger partial charge in [0.15, 0.2) is 0 Å². The molecule has 0 aromatic carbocycles. The number of amides is 2. The lowest BCUT2D eigenvalue weighted by atomic mass is 9.86. The lowest BCUT2D eigenvalue weighted by Gasteiger charge is -2.26. The Morgan fingerprint density at radius 1 is 1.26 bits per heavy atom. The van der Waals surface area contributed by atoms with Crippen LogP contribution in [0.2, 0.25) is 0 Å². The number of carbonyl (C=O) groups excluding carboxylic acids is 1. The summed E-state index contributed by atoms with van der Waals surface area (Å²) in [5, 5.41) is 23.2. The van der Waals surface area contributed by atoms with E-state index in [-0.39, 0.29) is 18.0 Å². The van der Waals surface area contributed by atoms with Crippen molar-refractivity contribution in [3.8, 4) is 0 Å². The Bertz CT molecular complexity index is 468. The molecule has 1 heterocycles. The molecular formula is C11H16N4O3S. The number of anilines is 1. The molecule has 2 rings (SSSR count). The van der Waals surface area contributed by atoms with E-state index in [4.69, 9.17) is 5.11 Å². The van der Waals surface area contributed by atoms with E-state index >= 15 is 0 Å². The number of hydrogen-bond donors (Lipinski definition) is 3. The van der Waals surface area contributed by atoms with Crippen molar-refractivity contribution in [2.75, 3.05) is 5.32 Å². The van der Waals surface area contributed by atoms with Gasteiger partial charge in [-0.25, -0.2) is 4.79 Å². The Morgan fingerprint density at radius 3 is 2.47 bits per heavy atom. The van der Waals surface area contributed by atoms with E-state index in [9.17, 15) is 9.59 Å². The van der Waals surface area contributed by atoms with Crippen LogP contribution in [-0.4, -0.2) is 33.3 Å². The Hall–Kier alpha value is -1.70. The maximum absolute atomic E-state index is 11.7. The number of carboxylic acid groups (broad SMARTS) is 1. The lowest BCUT2D eigenvalue weighted by Crippen LogP contribution is -2.40. The van der Waals surface area contributed by atoms with Crippen LogP contribution in [0.3, 0.4) is 0 Å². The van der Waals surface area contributed by atoms with Crippen LogP contribution >= 0.6 is 11.3 Å². The standard InChI is InChI=1S/C11H16N4O3S/c1-6-14-15-11(19-6)13-10(18)12-8-4-2-7(3-5-8)9(16)17/h7-8H,2-5H2,1H3,(H,16,17)(H2,12,13,15,18). The van der Waals surface area contributed by atoms with Crippen molar-refractivity contribution in [3.63, 3.8) is 0 Å². The van der Waals surface area contributed by atoms with E-state index in [1.807, 2.05) is 6.92 Å². The molecule has 0 aliphatic heterocycles. The molecule has 19 heavy (non-hydrogen) atoms. The van der Waals surface area contributed by atoms with Gasteiger partial charge in [-0.3, -0.25) is 10.1 Å². The number of aromatic nitrogens is 2. The van der Waals surface area contributed by atoms with Gasteiger partial charge in [-0.05, 0) is 32.6 Å². The van der Waals surface area contributed by atoms with Crippen molar-refractivity contribution >= 4 is 28.5 Å². The number of carbonyl (C=O) groups is 2. The zero-order valence-corrected chi connectivity index (χ0v) is 11.4. The highest BCUT2D eigenvalue weighted by Gasteiger charge is 2.26. The SMILES string of the molecule is Cc1nnc(NC(=O)NC2CCC(C(=O)O)CC2)s1. The first kappa shape index (κ1) is 13.7. The molecule has 1 saturated carbocycles. The molecule has 1 aromatic rings. The number of carboxylic acids is 1. The molecular weight excluding hydrogens is 268 g/mol. The molecule has 1 fully saturated rings. The molecule has 2 amide bonds. The number of aliphatic carboxylic acids is 1. The zero-order valence-electron chi connectivity index (χ0n) is 10.5. The molecule has 3 N–H and O–H groups in total. The first-order valence-corrected chi connectivity index (χ1v) is 6.96. The summed E-state index contributed by atoms with van der Waals surface area (Å²) in [4.78, 5) is 22.5. The van der Waals surface area contributed by atoms with Gasteiger partial charge in [0.1, 0.15) is 5.01 Å². The highest BCUT2D eigenvalue weighted by Crippen LogP contribution is 2.24. The quantitative estimate of drug-likeness (QED) is 0.782. The highest BCUT2D eigenvalue weighted by atomic mass is 32.1. The van der Waals surface area contributed by atoms with E-state index in [0.29, 0.717) is 30.8 Å². The minimum Gasteiger partial charge on any atom is -0.481 e. The number of nitrogens with zero attached hydrogens (tertiary/aromatic N) is 2. The monoisotopic (exact) mass is 284 g/mol. The predicted octanol–water partition coefficient (Wildman–Crippen LogP) is 1.61. The second-order valence-electron chi connectivity index (χ2n) is 4.61. The molecule has 0 bridgehead atoms. The van der Waals surface area contributed by atoms with Gasteiger partial charge in [0.2, 0.25) is 5.13 Å². The van der Waals surface area contributed by atoms with Crippen LogP contribution in [0.4, 0.5) is 9.93 Å². The summed E-state index contributed by atoms with van der Waals surface area (Å²) in [6, 6.07) is -0.278. The lowest BCUT2D eigenvalue weighted by molar-refractivity contribution is -0.142. The third kappa shape index (κ3) is 3.88. The average molecular weight is 284 g/mol. The molecule has 104 valence electrons. The topological polar surface area (TPSA) is 104 Å².